The predicted molar refractivity (Wildman–Crippen MR) is 64.2 cm³/mol. The highest BCUT2D eigenvalue weighted by Crippen LogP contribution is 2.33. The summed E-state index contributed by atoms with van der Waals surface area (Å²) >= 11 is 0. The van der Waals surface area contributed by atoms with Crippen LogP contribution in [0.25, 0.3) is 0 Å². The lowest BCUT2D eigenvalue weighted by atomic mass is 10.0. The average Bonchev–Trinajstić information content (AvgIpc) is 2.74. The summed E-state index contributed by atoms with van der Waals surface area (Å²) in [5, 5.41) is 0. The van der Waals surface area contributed by atoms with Gasteiger partial charge in [-0.2, -0.15) is 0 Å². The molecule has 1 saturated heterocycles. The molecule has 2 heterocycles. The molecule has 0 bridgehead atoms. The Bertz CT molecular complexity index is 521. The lowest BCUT2D eigenvalue weighted by molar-refractivity contribution is -0.141. The number of carbonyl (C=O) groups excluding carboxylic acids is 2. The molecule has 1 aromatic rings. The van der Waals surface area contributed by atoms with Gasteiger partial charge >= 0.3 is 5.97 Å². The molecule has 1 fully saturated rings. The van der Waals surface area contributed by atoms with Gasteiger partial charge in [0.25, 0.3) is 0 Å². The van der Waals surface area contributed by atoms with Crippen LogP contribution in [-0.4, -0.2) is 22.8 Å². The molecule has 0 N–H and O–H groups in total. The van der Waals surface area contributed by atoms with Crippen molar-refractivity contribution in [3.05, 3.63) is 47.7 Å². The molecule has 0 saturated carbocycles. The molecule has 3 rings (SSSR count). The van der Waals surface area contributed by atoms with E-state index in [-0.39, 0.29) is 24.5 Å². The van der Waals surface area contributed by atoms with Gasteiger partial charge in [-0.15, -0.1) is 0 Å². The standard InChI is InChI=1S/C14H13NO3/c16-13-7-12-6-11(8-15(12)13)14(17)18-9-10-4-2-1-3-5-10/h1-5,8,12H,6-7,9H2. The Kier molecular flexibility index (Phi) is 2.63. The van der Waals surface area contributed by atoms with Crippen LogP contribution in [0.2, 0.25) is 0 Å². The number of hydrogen-bond acceptors (Lipinski definition) is 3. The van der Waals surface area contributed by atoms with E-state index in [1.54, 1.807) is 11.1 Å². The van der Waals surface area contributed by atoms with Crippen LogP contribution in [0, 0.1) is 0 Å². The fraction of sp³-hybridized carbons (Fsp3) is 0.286. The molecule has 1 aromatic carbocycles. The van der Waals surface area contributed by atoms with Crippen molar-refractivity contribution in [2.24, 2.45) is 0 Å². The fourth-order valence-corrected chi connectivity index (χ4v) is 2.27. The molecule has 1 amide bonds. The van der Waals surface area contributed by atoms with E-state index in [0.29, 0.717) is 18.4 Å². The molecule has 2 aliphatic rings. The molecule has 0 aliphatic carbocycles. The van der Waals surface area contributed by atoms with Crippen molar-refractivity contribution >= 4 is 11.9 Å². The maximum Gasteiger partial charge on any atom is 0.335 e. The van der Waals surface area contributed by atoms with Crippen LogP contribution in [0.5, 0.6) is 0 Å². The molecule has 2 aliphatic heterocycles. The van der Waals surface area contributed by atoms with Crippen molar-refractivity contribution in [2.75, 3.05) is 0 Å². The van der Waals surface area contributed by atoms with Crippen molar-refractivity contribution in [1.82, 2.24) is 4.90 Å². The molecular weight excluding hydrogens is 230 g/mol. The quantitative estimate of drug-likeness (QED) is 0.598. The van der Waals surface area contributed by atoms with Gasteiger partial charge in [0.15, 0.2) is 0 Å². The monoisotopic (exact) mass is 243 g/mol. The van der Waals surface area contributed by atoms with Gasteiger partial charge in [-0.25, -0.2) is 4.79 Å². The van der Waals surface area contributed by atoms with Crippen molar-refractivity contribution in [3.8, 4) is 0 Å². The smallest absolute Gasteiger partial charge is 0.335 e. The van der Waals surface area contributed by atoms with E-state index >= 15 is 0 Å². The lowest BCUT2D eigenvalue weighted by Crippen LogP contribution is -2.45. The number of benzene rings is 1. The topological polar surface area (TPSA) is 46.6 Å². The third kappa shape index (κ3) is 1.90. The van der Waals surface area contributed by atoms with E-state index < -0.39 is 0 Å². The minimum absolute atomic E-state index is 0.0888. The molecule has 4 heteroatoms. The minimum atomic E-state index is -0.318. The third-order valence-electron chi connectivity index (χ3n) is 3.32. The van der Waals surface area contributed by atoms with Gasteiger partial charge in [-0.1, -0.05) is 30.3 Å². The molecule has 1 unspecified atom stereocenters. The first kappa shape index (κ1) is 11.0. The average molecular weight is 243 g/mol. The van der Waals surface area contributed by atoms with Gasteiger partial charge in [0.1, 0.15) is 6.61 Å². The second-order valence-corrected chi connectivity index (χ2v) is 4.58. The van der Waals surface area contributed by atoms with E-state index in [1.165, 1.54) is 0 Å². The lowest BCUT2D eigenvalue weighted by Gasteiger charge is -2.32. The first-order valence-electron chi connectivity index (χ1n) is 5.97. The van der Waals surface area contributed by atoms with Crippen LogP contribution in [0.1, 0.15) is 18.4 Å². The van der Waals surface area contributed by atoms with Crippen molar-refractivity contribution in [1.29, 1.82) is 0 Å². The summed E-state index contributed by atoms with van der Waals surface area (Å²) in [7, 11) is 0. The van der Waals surface area contributed by atoms with Crippen LogP contribution < -0.4 is 0 Å². The van der Waals surface area contributed by atoms with Gasteiger partial charge in [0.05, 0.1) is 5.57 Å². The summed E-state index contributed by atoms with van der Waals surface area (Å²) in [6, 6.07) is 9.74. The first-order chi connectivity index (χ1) is 8.74. The Hall–Kier alpha value is -2.10. The maximum atomic E-state index is 11.8. The molecular formula is C14H13NO3. The maximum absolute atomic E-state index is 11.8. The molecule has 0 spiro atoms. The molecule has 4 nitrogen and oxygen atoms in total. The Balaban J connectivity index is 1.58. The van der Waals surface area contributed by atoms with Gasteiger partial charge in [-0.05, 0) is 5.56 Å². The molecule has 0 aromatic heterocycles. The Morgan fingerprint density at radius 1 is 1.28 bits per heavy atom. The van der Waals surface area contributed by atoms with Gasteiger partial charge in [-0.3, -0.25) is 4.79 Å². The summed E-state index contributed by atoms with van der Waals surface area (Å²) < 4.78 is 5.23. The second-order valence-electron chi connectivity index (χ2n) is 4.58. The molecule has 92 valence electrons. The fourth-order valence-electron chi connectivity index (χ4n) is 2.27. The highest BCUT2D eigenvalue weighted by atomic mass is 16.5. The normalized spacial score (nSPS) is 21.1. The van der Waals surface area contributed by atoms with Crippen LogP contribution in [0.4, 0.5) is 0 Å². The summed E-state index contributed by atoms with van der Waals surface area (Å²) in [4.78, 5) is 24.6. The van der Waals surface area contributed by atoms with E-state index in [2.05, 4.69) is 0 Å². The number of carbonyl (C=O) groups is 2. The third-order valence-corrected chi connectivity index (χ3v) is 3.32. The second kappa shape index (κ2) is 4.29. The van der Waals surface area contributed by atoms with Crippen molar-refractivity contribution in [3.63, 3.8) is 0 Å². The number of esters is 1. The number of hydrogen-bond donors (Lipinski definition) is 0. The number of nitrogens with zero attached hydrogens (tertiary/aromatic N) is 1. The number of amides is 1. The van der Waals surface area contributed by atoms with Gasteiger partial charge < -0.3 is 9.64 Å². The SMILES string of the molecule is O=C(OCc1ccccc1)C1=CN2C(=O)CC2C1. The minimum Gasteiger partial charge on any atom is -0.457 e. The molecule has 1 atom stereocenters. The summed E-state index contributed by atoms with van der Waals surface area (Å²) in [5.41, 5.74) is 1.56. The molecule has 18 heavy (non-hydrogen) atoms. The van der Waals surface area contributed by atoms with Gasteiger partial charge in [0.2, 0.25) is 5.91 Å². The zero-order valence-electron chi connectivity index (χ0n) is 9.83. The zero-order valence-corrected chi connectivity index (χ0v) is 9.83. The largest absolute Gasteiger partial charge is 0.457 e. The zero-order chi connectivity index (χ0) is 12.5. The van der Waals surface area contributed by atoms with E-state index in [4.69, 9.17) is 4.74 Å². The van der Waals surface area contributed by atoms with Crippen LogP contribution >= 0.6 is 0 Å². The Labute approximate surface area is 105 Å². The number of β-lactam (4-membered cyclic amide) rings is 1. The van der Waals surface area contributed by atoms with E-state index in [0.717, 1.165) is 5.56 Å². The number of fused-ring (bicyclic) bond motifs is 1. The summed E-state index contributed by atoms with van der Waals surface area (Å²) in [6.07, 6.45) is 2.80. The Morgan fingerprint density at radius 2 is 2.06 bits per heavy atom. The van der Waals surface area contributed by atoms with Crippen molar-refractivity contribution in [2.45, 2.75) is 25.5 Å². The summed E-state index contributed by atoms with van der Waals surface area (Å²) in [6.45, 7) is 0.273. The Morgan fingerprint density at radius 3 is 2.72 bits per heavy atom. The van der Waals surface area contributed by atoms with Crippen molar-refractivity contribution < 1.29 is 14.3 Å². The van der Waals surface area contributed by atoms with Gasteiger partial charge in [0, 0.05) is 25.1 Å². The predicted octanol–water partition coefficient (Wildman–Crippen LogP) is 1.62. The highest BCUT2D eigenvalue weighted by Gasteiger charge is 2.41. The summed E-state index contributed by atoms with van der Waals surface area (Å²) in [5.74, 6) is -0.230. The number of ether oxygens (including phenoxy) is 1. The number of rotatable bonds is 3. The first-order valence-corrected chi connectivity index (χ1v) is 5.97. The van der Waals surface area contributed by atoms with Crippen LogP contribution in [0.15, 0.2) is 42.1 Å². The van der Waals surface area contributed by atoms with Crippen LogP contribution in [0.3, 0.4) is 0 Å². The van der Waals surface area contributed by atoms with Crippen LogP contribution in [-0.2, 0) is 20.9 Å². The van der Waals surface area contributed by atoms with E-state index in [9.17, 15) is 9.59 Å². The molecule has 0 radical (unpaired) electrons. The van der Waals surface area contributed by atoms with E-state index in [1.807, 2.05) is 30.3 Å². The highest BCUT2D eigenvalue weighted by molar-refractivity contribution is 5.93.